The van der Waals surface area contributed by atoms with Crippen LogP contribution in [0.2, 0.25) is 19.6 Å². The summed E-state index contributed by atoms with van der Waals surface area (Å²) >= 11 is 1.95. The third kappa shape index (κ3) is 2.58. The number of likely N-dealkylation sites (tertiary alicyclic amines) is 1. The number of hydrogen-bond donors (Lipinski definition) is 0. The van der Waals surface area contributed by atoms with E-state index in [0.29, 0.717) is 0 Å². The van der Waals surface area contributed by atoms with Gasteiger partial charge in [-0.3, -0.25) is 0 Å². The molecular weight excluding hydrogens is 230 g/mol. The second kappa shape index (κ2) is 4.28. The van der Waals surface area contributed by atoms with Crippen molar-refractivity contribution >= 4 is 19.4 Å². The van der Waals surface area contributed by atoms with E-state index >= 15 is 0 Å². The Morgan fingerprint density at radius 1 is 1.44 bits per heavy atom. The number of quaternary nitrogens is 1. The summed E-state index contributed by atoms with van der Waals surface area (Å²) in [5.74, 6) is 0. The molecule has 0 radical (unpaired) electrons. The second-order valence-corrected chi connectivity index (χ2v) is 13.0. The Morgan fingerprint density at radius 2 is 2.19 bits per heavy atom. The molecule has 0 saturated carbocycles. The van der Waals surface area contributed by atoms with Crippen molar-refractivity contribution in [3.63, 3.8) is 0 Å². The molecule has 0 N–H and O–H groups in total. The van der Waals surface area contributed by atoms with E-state index in [1.165, 1.54) is 30.0 Å². The standard InChI is InChI=1S/C13H24NSSi/c1-14(11-16(2,3)4)9-5-7-12(14)13-8-6-10-15-13/h6,8,10,12H,5,7,9,11H2,1-4H3/q+1/t12-,14-/m0/s1. The molecule has 0 amide bonds. The molecule has 3 heteroatoms. The van der Waals surface area contributed by atoms with E-state index in [9.17, 15) is 0 Å². The third-order valence-corrected chi connectivity index (χ3v) is 6.25. The predicted molar refractivity (Wildman–Crippen MR) is 75.6 cm³/mol. The first kappa shape index (κ1) is 12.3. The lowest BCUT2D eigenvalue weighted by atomic mass is 10.2. The van der Waals surface area contributed by atoms with Crippen LogP contribution in [0.5, 0.6) is 0 Å². The Labute approximate surface area is 105 Å². The summed E-state index contributed by atoms with van der Waals surface area (Å²) in [7, 11) is 1.51. The first-order valence-electron chi connectivity index (χ1n) is 6.28. The Kier molecular flexibility index (Phi) is 3.30. The first-order chi connectivity index (χ1) is 7.41. The maximum atomic E-state index is 2.50. The van der Waals surface area contributed by atoms with Crippen molar-refractivity contribution in [3.05, 3.63) is 22.4 Å². The quantitative estimate of drug-likeness (QED) is 0.567. The Balaban J connectivity index is 2.20. The molecule has 1 aliphatic rings. The van der Waals surface area contributed by atoms with E-state index in [0.717, 1.165) is 6.04 Å². The zero-order chi connectivity index (χ0) is 11.8. The molecule has 90 valence electrons. The van der Waals surface area contributed by atoms with Crippen LogP contribution in [0.15, 0.2) is 17.5 Å². The summed E-state index contributed by atoms with van der Waals surface area (Å²) < 4.78 is 1.30. The largest absolute Gasteiger partial charge is 0.323 e. The molecule has 0 bridgehead atoms. The molecule has 2 heterocycles. The van der Waals surface area contributed by atoms with Crippen LogP contribution in [-0.4, -0.2) is 32.3 Å². The highest BCUT2D eigenvalue weighted by molar-refractivity contribution is 7.10. The average Bonchev–Trinajstić information content (AvgIpc) is 2.69. The van der Waals surface area contributed by atoms with Crippen LogP contribution in [0.3, 0.4) is 0 Å². The zero-order valence-corrected chi connectivity index (χ0v) is 12.8. The molecule has 1 saturated heterocycles. The van der Waals surface area contributed by atoms with Crippen molar-refractivity contribution in [1.29, 1.82) is 0 Å². The van der Waals surface area contributed by atoms with Crippen LogP contribution in [-0.2, 0) is 0 Å². The topological polar surface area (TPSA) is 0 Å². The molecule has 0 aliphatic carbocycles. The third-order valence-electron chi connectivity index (χ3n) is 3.61. The van der Waals surface area contributed by atoms with Gasteiger partial charge >= 0.3 is 0 Å². The van der Waals surface area contributed by atoms with E-state index in [2.05, 4.69) is 44.2 Å². The monoisotopic (exact) mass is 254 g/mol. The summed E-state index contributed by atoms with van der Waals surface area (Å²) in [4.78, 5) is 1.61. The Hall–Kier alpha value is -0.123. The summed E-state index contributed by atoms with van der Waals surface area (Å²) in [6, 6.07) is 5.32. The summed E-state index contributed by atoms with van der Waals surface area (Å²) in [5.41, 5.74) is 0. The highest BCUT2D eigenvalue weighted by atomic mass is 32.1. The first-order valence-corrected chi connectivity index (χ1v) is 10.9. The van der Waals surface area contributed by atoms with Gasteiger partial charge in [0.15, 0.2) is 0 Å². The molecule has 2 atom stereocenters. The van der Waals surface area contributed by atoms with Crippen LogP contribution in [0, 0.1) is 0 Å². The van der Waals surface area contributed by atoms with E-state index in [-0.39, 0.29) is 0 Å². The van der Waals surface area contributed by atoms with E-state index in [1.54, 1.807) is 4.88 Å². The smallest absolute Gasteiger partial charge is 0.124 e. The molecule has 1 aromatic heterocycles. The van der Waals surface area contributed by atoms with Gasteiger partial charge in [-0.15, -0.1) is 11.3 Å². The maximum Gasteiger partial charge on any atom is 0.124 e. The van der Waals surface area contributed by atoms with Gasteiger partial charge in [0.25, 0.3) is 0 Å². The van der Waals surface area contributed by atoms with E-state index < -0.39 is 8.07 Å². The lowest BCUT2D eigenvalue weighted by Gasteiger charge is -2.40. The fourth-order valence-electron chi connectivity index (χ4n) is 3.32. The minimum absolute atomic E-state index is 0.784. The van der Waals surface area contributed by atoms with Gasteiger partial charge in [-0.05, 0) is 11.4 Å². The fraction of sp³-hybridized carbons (Fsp3) is 0.692. The van der Waals surface area contributed by atoms with Gasteiger partial charge in [-0.25, -0.2) is 0 Å². The Bertz CT molecular complexity index is 341. The zero-order valence-electron chi connectivity index (χ0n) is 11.0. The van der Waals surface area contributed by atoms with Gasteiger partial charge in [0.2, 0.25) is 0 Å². The molecule has 16 heavy (non-hydrogen) atoms. The van der Waals surface area contributed by atoms with Crippen molar-refractivity contribution in [2.24, 2.45) is 0 Å². The van der Waals surface area contributed by atoms with Crippen molar-refractivity contribution in [1.82, 2.24) is 0 Å². The van der Waals surface area contributed by atoms with E-state index in [4.69, 9.17) is 0 Å². The molecule has 0 aromatic carbocycles. The fourth-order valence-corrected chi connectivity index (χ4v) is 6.86. The van der Waals surface area contributed by atoms with Crippen molar-refractivity contribution in [2.45, 2.75) is 38.5 Å². The lowest BCUT2D eigenvalue weighted by Crippen LogP contribution is -2.52. The summed E-state index contributed by atoms with van der Waals surface area (Å²) in [6.07, 6.45) is 4.22. The molecule has 2 rings (SSSR count). The van der Waals surface area contributed by atoms with Gasteiger partial charge in [0, 0.05) is 12.8 Å². The van der Waals surface area contributed by atoms with Crippen LogP contribution in [0.4, 0.5) is 0 Å². The second-order valence-electron chi connectivity index (χ2n) is 6.60. The van der Waals surface area contributed by atoms with Gasteiger partial charge in [-0.1, -0.05) is 25.7 Å². The predicted octanol–water partition coefficient (Wildman–Crippen LogP) is 3.91. The molecule has 1 nitrogen and oxygen atoms in total. The van der Waals surface area contributed by atoms with Gasteiger partial charge in [0.05, 0.1) is 24.6 Å². The minimum atomic E-state index is -0.972. The maximum absolute atomic E-state index is 2.50. The molecule has 0 spiro atoms. The lowest BCUT2D eigenvalue weighted by molar-refractivity contribution is -0.917. The Morgan fingerprint density at radius 3 is 2.75 bits per heavy atom. The van der Waals surface area contributed by atoms with Crippen molar-refractivity contribution in [2.75, 3.05) is 19.8 Å². The van der Waals surface area contributed by atoms with Crippen LogP contribution in [0.1, 0.15) is 23.8 Å². The number of hydrogen-bond acceptors (Lipinski definition) is 1. The average molecular weight is 254 g/mol. The minimum Gasteiger partial charge on any atom is -0.323 e. The normalized spacial score (nSPS) is 30.9. The highest BCUT2D eigenvalue weighted by Crippen LogP contribution is 2.40. The van der Waals surface area contributed by atoms with Gasteiger partial charge < -0.3 is 4.48 Å². The van der Waals surface area contributed by atoms with Crippen LogP contribution >= 0.6 is 11.3 Å². The van der Waals surface area contributed by atoms with Crippen molar-refractivity contribution in [3.8, 4) is 0 Å². The molecule has 1 fully saturated rings. The molecule has 0 unspecified atom stereocenters. The van der Waals surface area contributed by atoms with Gasteiger partial charge in [0.1, 0.15) is 14.1 Å². The molecular formula is C13H24NSSi+. The van der Waals surface area contributed by atoms with Crippen LogP contribution < -0.4 is 0 Å². The van der Waals surface area contributed by atoms with E-state index in [1.807, 2.05) is 11.3 Å². The highest BCUT2D eigenvalue weighted by Gasteiger charge is 2.42. The summed E-state index contributed by atoms with van der Waals surface area (Å²) in [6.45, 7) is 8.88. The summed E-state index contributed by atoms with van der Waals surface area (Å²) in [5, 5.41) is 2.23. The van der Waals surface area contributed by atoms with Gasteiger partial charge in [-0.2, -0.15) is 0 Å². The molecule has 1 aromatic rings. The van der Waals surface area contributed by atoms with Crippen molar-refractivity contribution < 1.29 is 4.48 Å². The SMILES string of the molecule is C[N@@+]1(C[Si](C)(C)C)CCC[C@H]1c1cccs1. The number of nitrogens with zero attached hydrogens (tertiary/aromatic N) is 1. The number of rotatable bonds is 3. The molecule has 1 aliphatic heterocycles. The number of thiophene rings is 1. The van der Waals surface area contributed by atoms with Crippen LogP contribution in [0.25, 0.3) is 0 Å².